The van der Waals surface area contributed by atoms with Gasteiger partial charge in [-0.3, -0.25) is 9.59 Å². The van der Waals surface area contributed by atoms with Gasteiger partial charge in [-0.1, -0.05) is 94.9 Å². The predicted octanol–water partition coefficient (Wildman–Crippen LogP) is 9.10. The molecule has 0 N–H and O–H groups in total. The number of allylic oxidation sites excluding steroid dienone is 5. The number of carbonyl (C=O) groups excluding carboxylic acids is 2. The molecule has 0 aliphatic heterocycles. The Bertz CT molecular complexity index is 965. The van der Waals surface area contributed by atoms with Crippen molar-refractivity contribution >= 4 is 41.6 Å². The number of rotatable bonds is 6. The molecule has 0 fully saturated rings. The Balaban J connectivity index is -0.000000511. The summed E-state index contributed by atoms with van der Waals surface area (Å²) >= 11 is 9.41. The van der Waals surface area contributed by atoms with E-state index in [4.69, 9.17) is 11.6 Å². The van der Waals surface area contributed by atoms with E-state index in [1.807, 2.05) is 91.1 Å². The van der Waals surface area contributed by atoms with Crippen LogP contribution in [0.2, 0.25) is 5.02 Å². The van der Waals surface area contributed by atoms with Crippen LogP contribution in [-0.4, -0.2) is 25.0 Å². The topological polar surface area (TPSA) is 37.4 Å². The lowest BCUT2D eigenvalue weighted by Crippen LogP contribution is -2.25. The molecule has 1 amide bonds. The van der Waals surface area contributed by atoms with E-state index in [1.54, 1.807) is 35.4 Å². The number of halogens is 1. The lowest BCUT2D eigenvalue weighted by Gasteiger charge is -2.18. The highest BCUT2D eigenvalue weighted by Gasteiger charge is 2.11. The fourth-order valence-electron chi connectivity index (χ4n) is 2.68. The molecule has 0 heterocycles. The van der Waals surface area contributed by atoms with Gasteiger partial charge >= 0.3 is 0 Å². The summed E-state index contributed by atoms with van der Waals surface area (Å²) in [6, 6.07) is 13.2. The molecule has 2 rings (SSSR count). The molecule has 0 saturated heterocycles. The minimum Gasteiger partial charge on any atom is -0.315 e. The highest BCUT2D eigenvalue weighted by atomic mass is 35.5. The highest BCUT2D eigenvalue weighted by molar-refractivity contribution is 7.79. The van der Waals surface area contributed by atoms with Crippen molar-refractivity contribution in [2.45, 2.75) is 55.4 Å². The summed E-state index contributed by atoms with van der Waals surface area (Å²) in [6.45, 7) is 15.4. The molecule has 0 radical (unpaired) electrons. The van der Waals surface area contributed by atoms with Crippen molar-refractivity contribution < 1.29 is 9.59 Å². The molecule has 3 nitrogen and oxygen atoms in total. The molecule has 0 aliphatic carbocycles. The maximum Gasteiger partial charge on any atom is 0.226 e. The first-order valence-corrected chi connectivity index (χ1v) is 12.6. The SMILES string of the molecule is C.C=C(/C=C\C=C/C)C(=O)c1cc(Cl)ccc1C.CC.CCC(=O)N(C)c1ccccc1C.CS. The van der Waals surface area contributed by atoms with Crippen molar-refractivity contribution in [1.29, 1.82) is 0 Å². The van der Waals surface area contributed by atoms with Crippen LogP contribution in [0.5, 0.6) is 0 Å². The van der Waals surface area contributed by atoms with Gasteiger partial charge in [0.2, 0.25) is 5.91 Å². The first-order valence-electron chi connectivity index (χ1n) is 11.3. The highest BCUT2D eigenvalue weighted by Crippen LogP contribution is 2.19. The van der Waals surface area contributed by atoms with Gasteiger partial charge in [-0.15, -0.1) is 0 Å². The van der Waals surface area contributed by atoms with Crippen molar-refractivity contribution in [2.24, 2.45) is 0 Å². The summed E-state index contributed by atoms with van der Waals surface area (Å²) in [4.78, 5) is 25.2. The number of thiol groups is 1. The Morgan fingerprint density at radius 2 is 1.60 bits per heavy atom. The quantitative estimate of drug-likeness (QED) is 0.179. The van der Waals surface area contributed by atoms with Crippen LogP contribution in [-0.2, 0) is 4.79 Å². The normalized spacial score (nSPS) is 9.43. The molecule has 0 atom stereocenters. The Hall–Kier alpha value is -2.56. The minimum absolute atomic E-state index is 0. The number of benzene rings is 2. The lowest BCUT2D eigenvalue weighted by molar-refractivity contribution is -0.118. The van der Waals surface area contributed by atoms with Gasteiger partial charge in [0.25, 0.3) is 0 Å². The van der Waals surface area contributed by atoms with Gasteiger partial charge in [-0.05, 0) is 56.4 Å². The first kappa shape index (κ1) is 37.0. The van der Waals surface area contributed by atoms with Crippen LogP contribution in [0.3, 0.4) is 0 Å². The summed E-state index contributed by atoms with van der Waals surface area (Å²) in [5, 5.41) is 0.559. The van der Waals surface area contributed by atoms with Gasteiger partial charge in [0, 0.05) is 35.3 Å². The number of hydrogen-bond acceptors (Lipinski definition) is 3. The fourth-order valence-corrected chi connectivity index (χ4v) is 2.85. The van der Waals surface area contributed by atoms with Gasteiger partial charge in [-0.25, -0.2) is 0 Å². The Morgan fingerprint density at radius 1 is 1.03 bits per heavy atom. The Kier molecular flexibility index (Phi) is 23.2. The Morgan fingerprint density at radius 3 is 2.11 bits per heavy atom. The zero-order valence-electron chi connectivity index (χ0n) is 21.9. The third-order valence-corrected chi connectivity index (χ3v) is 4.73. The van der Waals surface area contributed by atoms with E-state index in [1.165, 1.54) is 0 Å². The maximum atomic E-state index is 12.1. The van der Waals surface area contributed by atoms with Crippen LogP contribution in [0.4, 0.5) is 5.69 Å². The average molecular weight is 518 g/mol. The van der Waals surface area contributed by atoms with Crippen LogP contribution < -0.4 is 4.90 Å². The third kappa shape index (κ3) is 13.8. The van der Waals surface area contributed by atoms with Crippen molar-refractivity contribution in [1.82, 2.24) is 0 Å². The second-order valence-electron chi connectivity index (χ2n) is 6.79. The monoisotopic (exact) mass is 517 g/mol. The van der Waals surface area contributed by atoms with Crippen LogP contribution >= 0.6 is 24.2 Å². The summed E-state index contributed by atoms with van der Waals surface area (Å²) in [6.07, 6.45) is 9.47. The Labute approximate surface area is 225 Å². The molecule has 2 aromatic rings. The lowest BCUT2D eigenvalue weighted by atomic mass is 10.00. The molecular weight excluding hydrogens is 474 g/mol. The zero-order valence-corrected chi connectivity index (χ0v) is 23.5. The maximum absolute atomic E-state index is 12.1. The number of ketones is 1. The first-order chi connectivity index (χ1) is 16.2. The standard InChI is InChI=1S/C15H15ClO.C11H15NO.C2H6.CH4S.CH4/c1-4-5-6-7-12(3)15(17)14-10-13(16)9-8-11(14)2;1-4-11(13)12(3)10-8-6-5-7-9(10)2;2*1-2;/h4-10H,3H2,1-2H3;5-8H,4H2,1-3H3;1-2H3;2H,1H3;1H4/b5-4-,7-6-;;;;. The van der Waals surface area contributed by atoms with Gasteiger partial charge < -0.3 is 4.90 Å². The predicted molar refractivity (Wildman–Crippen MR) is 161 cm³/mol. The number of Topliss-reactive ketones (excluding diaryl/α,β-unsaturated/α-hetero) is 1. The van der Waals surface area contributed by atoms with Gasteiger partial charge in [-0.2, -0.15) is 12.6 Å². The second-order valence-corrected chi connectivity index (χ2v) is 7.23. The van der Waals surface area contributed by atoms with Crippen LogP contribution in [0.15, 0.2) is 78.9 Å². The second kappa shape index (κ2) is 21.9. The number of aryl methyl sites for hydroxylation is 2. The zero-order chi connectivity index (χ0) is 26.7. The number of hydrogen-bond donors (Lipinski definition) is 1. The van der Waals surface area contributed by atoms with E-state index in [0.29, 0.717) is 22.6 Å². The average Bonchev–Trinajstić information content (AvgIpc) is 2.87. The summed E-state index contributed by atoms with van der Waals surface area (Å²) in [5.41, 5.74) is 4.09. The number of amides is 1. The molecule has 0 saturated carbocycles. The summed E-state index contributed by atoms with van der Waals surface area (Å²) in [5.74, 6) is 0.0556. The fraction of sp³-hybridized carbons (Fsp3) is 0.333. The number of carbonyl (C=O) groups is 2. The van der Waals surface area contributed by atoms with E-state index < -0.39 is 0 Å². The largest absolute Gasteiger partial charge is 0.315 e. The number of anilines is 1. The van der Waals surface area contributed by atoms with Crippen LogP contribution in [0.25, 0.3) is 0 Å². The molecule has 2 aromatic carbocycles. The van der Waals surface area contributed by atoms with E-state index in [2.05, 4.69) is 19.2 Å². The van der Waals surface area contributed by atoms with Crippen molar-refractivity contribution in [3.63, 3.8) is 0 Å². The van der Waals surface area contributed by atoms with Gasteiger partial charge in [0.15, 0.2) is 5.78 Å². The molecule has 0 spiro atoms. The van der Waals surface area contributed by atoms with E-state index >= 15 is 0 Å². The molecular formula is C30H44ClNO2S. The molecule has 0 bridgehead atoms. The molecule has 5 heteroatoms. The smallest absolute Gasteiger partial charge is 0.226 e. The minimum atomic E-state index is -0.0919. The van der Waals surface area contributed by atoms with Crippen molar-refractivity contribution in [3.8, 4) is 0 Å². The van der Waals surface area contributed by atoms with Crippen molar-refractivity contribution in [3.05, 3.63) is 101 Å². The van der Waals surface area contributed by atoms with E-state index in [9.17, 15) is 9.59 Å². The summed E-state index contributed by atoms with van der Waals surface area (Å²) in [7, 11) is 1.81. The van der Waals surface area contributed by atoms with Crippen LogP contribution in [0, 0.1) is 13.8 Å². The van der Waals surface area contributed by atoms with Crippen LogP contribution in [0.1, 0.15) is 63.0 Å². The molecule has 194 valence electrons. The molecule has 0 unspecified atom stereocenters. The van der Waals surface area contributed by atoms with Gasteiger partial charge in [0.1, 0.15) is 0 Å². The third-order valence-electron chi connectivity index (χ3n) is 4.49. The van der Waals surface area contributed by atoms with E-state index in [0.717, 1.165) is 16.8 Å². The number of nitrogens with zero attached hydrogens (tertiary/aromatic N) is 1. The molecule has 0 aromatic heterocycles. The van der Waals surface area contributed by atoms with Crippen molar-refractivity contribution in [2.75, 3.05) is 18.2 Å². The van der Waals surface area contributed by atoms with Gasteiger partial charge in [0.05, 0.1) is 0 Å². The van der Waals surface area contributed by atoms with E-state index in [-0.39, 0.29) is 19.1 Å². The molecule has 35 heavy (non-hydrogen) atoms. The number of para-hydroxylation sites is 1. The summed E-state index contributed by atoms with van der Waals surface area (Å²) < 4.78 is 0. The molecule has 0 aliphatic rings.